The minimum absolute atomic E-state index is 0.339. The van der Waals surface area contributed by atoms with Gasteiger partial charge in [-0.05, 0) is 42.7 Å². The number of hydrogen-bond donors (Lipinski definition) is 1. The summed E-state index contributed by atoms with van der Waals surface area (Å²) in [5.74, 6) is -0.887. The Morgan fingerprint density at radius 2 is 1.90 bits per heavy atom. The normalized spacial score (nSPS) is 10.7. The predicted octanol–water partition coefficient (Wildman–Crippen LogP) is 4.23. The van der Waals surface area contributed by atoms with Crippen LogP contribution in [0.1, 0.15) is 41.5 Å². The smallest absolute Gasteiger partial charge is 0.352 e. The number of carboxylic acid groups (broad SMARTS) is 1. The zero-order valence-electron chi connectivity index (χ0n) is 11.5. The van der Waals surface area contributed by atoms with Crippen molar-refractivity contribution in [1.29, 1.82) is 0 Å². The van der Waals surface area contributed by atoms with E-state index in [-0.39, 0.29) is 0 Å². The van der Waals surface area contributed by atoms with Crippen LogP contribution < -0.4 is 0 Å². The Morgan fingerprint density at radius 3 is 2.50 bits per heavy atom. The van der Waals surface area contributed by atoms with Gasteiger partial charge in [-0.2, -0.15) is 0 Å². The fourth-order valence-electron chi connectivity index (χ4n) is 2.23. The summed E-state index contributed by atoms with van der Waals surface area (Å²) in [7, 11) is 0. The Hall–Kier alpha value is -1.74. The van der Waals surface area contributed by atoms with Crippen molar-refractivity contribution in [3.05, 3.63) is 58.4 Å². The van der Waals surface area contributed by atoms with Gasteiger partial charge in [-0.3, -0.25) is 0 Å². The van der Waals surface area contributed by atoms with Crippen LogP contribution in [0.25, 0.3) is 0 Å². The number of halogens is 1. The highest BCUT2D eigenvalue weighted by atomic mass is 35.5. The van der Waals surface area contributed by atoms with E-state index in [0.29, 0.717) is 17.3 Å². The number of benzene rings is 1. The summed E-state index contributed by atoms with van der Waals surface area (Å²) < 4.78 is 1.88. The molecule has 0 saturated heterocycles. The van der Waals surface area contributed by atoms with Crippen LogP contribution >= 0.6 is 11.6 Å². The SMILES string of the molecule is CCCCc1ccc(C(=O)O)n1Cc1ccc(Cl)cc1. The Bertz CT molecular complexity index is 587. The molecule has 0 unspecified atom stereocenters. The maximum atomic E-state index is 11.3. The molecule has 106 valence electrons. The van der Waals surface area contributed by atoms with Crippen LogP contribution in [0.3, 0.4) is 0 Å². The lowest BCUT2D eigenvalue weighted by atomic mass is 10.2. The van der Waals surface area contributed by atoms with Crippen LogP contribution in [-0.4, -0.2) is 15.6 Å². The van der Waals surface area contributed by atoms with E-state index in [4.69, 9.17) is 11.6 Å². The van der Waals surface area contributed by atoms with Gasteiger partial charge in [-0.1, -0.05) is 37.1 Å². The van der Waals surface area contributed by atoms with Gasteiger partial charge in [0.05, 0.1) is 0 Å². The van der Waals surface area contributed by atoms with Crippen molar-refractivity contribution >= 4 is 17.6 Å². The number of carbonyl (C=O) groups is 1. The van der Waals surface area contributed by atoms with Crippen LogP contribution in [0.15, 0.2) is 36.4 Å². The van der Waals surface area contributed by atoms with Gasteiger partial charge in [0.1, 0.15) is 5.69 Å². The lowest BCUT2D eigenvalue weighted by Crippen LogP contribution is -2.12. The number of rotatable bonds is 6. The molecule has 0 radical (unpaired) electrons. The second-order valence-corrected chi connectivity index (χ2v) is 5.27. The zero-order chi connectivity index (χ0) is 14.5. The molecule has 0 spiro atoms. The van der Waals surface area contributed by atoms with Gasteiger partial charge >= 0.3 is 5.97 Å². The first-order valence-electron chi connectivity index (χ1n) is 6.78. The number of aryl methyl sites for hydroxylation is 1. The van der Waals surface area contributed by atoms with E-state index in [1.807, 2.05) is 34.9 Å². The fraction of sp³-hybridized carbons (Fsp3) is 0.312. The van der Waals surface area contributed by atoms with Crippen molar-refractivity contribution in [3.8, 4) is 0 Å². The predicted molar refractivity (Wildman–Crippen MR) is 80.6 cm³/mol. The average Bonchev–Trinajstić information content (AvgIpc) is 2.82. The summed E-state index contributed by atoms with van der Waals surface area (Å²) in [5.41, 5.74) is 2.45. The minimum atomic E-state index is -0.887. The highest BCUT2D eigenvalue weighted by Gasteiger charge is 2.13. The van der Waals surface area contributed by atoms with Gasteiger partial charge < -0.3 is 9.67 Å². The molecule has 2 aromatic rings. The van der Waals surface area contributed by atoms with Gasteiger partial charge in [0.15, 0.2) is 0 Å². The summed E-state index contributed by atoms with van der Waals surface area (Å²) in [5, 5.41) is 9.97. The molecule has 0 aliphatic carbocycles. The van der Waals surface area contributed by atoms with E-state index in [9.17, 15) is 9.90 Å². The molecule has 0 atom stereocenters. The molecule has 1 N–H and O–H groups in total. The topological polar surface area (TPSA) is 42.2 Å². The van der Waals surface area contributed by atoms with Gasteiger partial charge in [-0.25, -0.2) is 4.79 Å². The van der Waals surface area contributed by atoms with Crippen LogP contribution in [0, 0.1) is 0 Å². The first kappa shape index (κ1) is 14.7. The Balaban J connectivity index is 2.29. The average molecular weight is 292 g/mol. The van der Waals surface area contributed by atoms with Gasteiger partial charge in [0.25, 0.3) is 0 Å². The van der Waals surface area contributed by atoms with Gasteiger partial charge in [-0.15, -0.1) is 0 Å². The summed E-state index contributed by atoms with van der Waals surface area (Å²) in [6.07, 6.45) is 3.05. The number of unbranched alkanes of at least 4 members (excludes halogenated alkanes) is 1. The second kappa shape index (κ2) is 6.62. The van der Waals surface area contributed by atoms with Crippen molar-refractivity contribution < 1.29 is 9.90 Å². The van der Waals surface area contributed by atoms with Crippen molar-refractivity contribution in [3.63, 3.8) is 0 Å². The lowest BCUT2D eigenvalue weighted by molar-refractivity contribution is 0.0685. The van der Waals surface area contributed by atoms with Crippen LogP contribution in [0.2, 0.25) is 5.02 Å². The third kappa shape index (κ3) is 3.42. The molecule has 0 aliphatic rings. The Kier molecular flexibility index (Phi) is 4.85. The van der Waals surface area contributed by atoms with E-state index < -0.39 is 5.97 Å². The molecule has 0 aliphatic heterocycles. The standard InChI is InChI=1S/C16H18ClNO2/c1-2-3-4-14-9-10-15(16(19)20)18(14)11-12-5-7-13(17)8-6-12/h5-10H,2-4,11H2,1H3,(H,19,20). The lowest BCUT2D eigenvalue weighted by Gasteiger charge is -2.12. The van der Waals surface area contributed by atoms with E-state index in [2.05, 4.69) is 6.92 Å². The minimum Gasteiger partial charge on any atom is -0.477 e. The molecule has 3 nitrogen and oxygen atoms in total. The molecule has 1 aromatic carbocycles. The number of nitrogens with zero attached hydrogens (tertiary/aromatic N) is 1. The van der Waals surface area contributed by atoms with E-state index in [1.165, 1.54) is 0 Å². The first-order chi connectivity index (χ1) is 9.61. The fourth-order valence-corrected chi connectivity index (χ4v) is 2.36. The summed E-state index contributed by atoms with van der Waals surface area (Å²) in [4.78, 5) is 11.3. The monoisotopic (exact) mass is 291 g/mol. The van der Waals surface area contributed by atoms with E-state index in [1.54, 1.807) is 6.07 Å². The quantitative estimate of drug-likeness (QED) is 0.865. The van der Waals surface area contributed by atoms with Gasteiger partial charge in [0, 0.05) is 17.3 Å². The van der Waals surface area contributed by atoms with E-state index in [0.717, 1.165) is 30.5 Å². The van der Waals surface area contributed by atoms with Crippen molar-refractivity contribution in [2.75, 3.05) is 0 Å². The molecule has 4 heteroatoms. The highest BCUT2D eigenvalue weighted by molar-refractivity contribution is 6.30. The Labute approximate surface area is 123 Å². The van der Waals surface area contributed by atoms with Crippen molar-refractivity contribution in [2.45, 2.75) is 32.7 Å². The van der Waals surface area contributed by atoms with E-state index >= 15 is 0 Å². The van der Waals surface area contributed by atoms with Crippen LogP contribution in [0.5, 0.6) is 0 Å². The van der Waals surface area contributed by atoms with Crippen molar-refractivity contribution in [1.82, 2.24) is 4.57 Å². The van der Waals surface area contributed by atoms with Crippen LogP contribution in [-0.2, 0) is 13.0 Å². The number of aromatic carboxylic acids is 1. The molecule has 2 rings (SSSR count). The number of aromatic nitrogens is 1. The summed E-state index contributed by atoms with van der Waals surface area (Å²) in [6, 6.07) is 11.1. The molecule has 0 amide bonds. The van der Waals surface area contributed by atoms with Crippen LogP contribution in [0.4, 0.5) is 0 Å². The molecular formula is C16H18ClNO2. The molecule has 20 heavy (non-hydrogen) atoms. The molecular weight excluding hydrogens is 274 g/mol. The summed E-state index contributed by atoms with van der Waals surface area (Å²) in [6.45, 7) is 2.69. The molecule has 0 fully saturated rings. The second-order valence-electron chi connectivity index (χ2n) is 4.83. The molecule has 0 saturated carbocycles. The maximum Gasteiger partial charge on any atom is 0.352 e. The molecule has 1 heterocycles. The van der Waals surface area contributed by atoms with Crippen molar-refractivity contribution in [2.24, 2.45) is 0 Å². The number of carboxylic acids is 1. The third-order valence-electron chi connectivity index (χ3n) is 3.33. The molecule has 0 bridgehead atoms. The first-order valence-corrected chi connectivity index (χ1v) is 7.15. The zero-order valence-corrected chi connectivity index (χ0v) is 12.2. The largest absolute Gasteiger partial charge is 0.477 e. The Morgan fingerprint density at radius 1 is 1.20 bits per heavy atom. The summed E-state index contributed by atoms with van der Waals surface area (Å²) >= 11 is 5.87. The number of hydrogen-bond acceptors (Lipinski definition) is 1. The van der Waals surface area contributed by atoms with Gasteiger partial charge in [0.2, 0.25) is 0 Å². The highest BCUT2D eigenvalue weighted by Crippen LogP contribution is 2.17. The maximum absolute atomic E-state index is 11.3. The molecule has 1 aromatic heterocycles. The third-order valence-corrected chi connectivity index (χ3v) is 3.58.